The van der Waals surface area contributed by atoms with Crippen molar-refractivity contribution < 1.29 is 23.7 Å². The number of rotatable bonds is 6. The van der Waals surface area contributed by atoms with Gasteiger partial charge < -0.3 is 24.7 Å². The van der Waals surface area contributed by atoms with Crippen LogP contribution in [0.15, 0.2) is 35.9 Å². The maximum atomic E-state index is 13.0. The van der Waals surface area contributed by atoms with Crippen LogP contribution >= 0.6 is 0 Å². The average Bonchev–Trinajstić information content (AvgIpc) is 2.71. The van der Waals surface area contributed by atoms with Crippen LogP contribution in [0.2, 0.25) is 0 Å². The number of hydrogen-bond donors (Lipinski definition) is 1. The highest BCUT2D eigenvalue weighted by atomic mass is 16.6. The Bertz CT molecular complexity index is 888. The van der Waals surface area contributed by atoms with Crippen LogP contribution in [-0.2, 0) is 0 Å². The highest BCUT2D eigenvalue weighted by molar-refractivity contribution is 6.11. The first kappa shape index (κ1) is 18.6. The van der Waals surface area contributed by atoms with Crippen LogP contribution in [0, 0.1) is 0 Å². The average molecular weight is 369 g/mol. The predicted molar refractivity (Wildman–Crippen MR) is 104 cm³/mol. The molecule has 2 N–H and O–H groups in total. The van der Waals surface area contributed by atoms with Gasteiger partial charge in [-0.25, -0.2) is 0 Å². The van der Waals surface area contributed by atoms with Gasteiger partial charge in [-0.3, -0.25) is 4.79 Å². The Morgan fingerprint density at radius 2 is 1.74 bits per heavy atom. The fraction of sp³-hybridized carbons (Fsp3) is 0.286. The quantitative estimate of drug-likeness (QED) is 0.475. The van der Waals surface area contributed by atoms with E-state index >= 15 is 0 Å². The summed E-state index contributed by atoms with van der Waals surface area (Å²) < 4.78 is 21.9. The van der Waals surface area contributed by atoms with Crippen molar-refractivity contribution in [3.63, 3.8) is 0 Å². The highest BCUT2D eigenvalue weighted by Crippen LogP contribution is 2.38. The van der Waals surface area contributed by atoms with Crippen LogP contribution in [0.5, 0.6) is 23.0 Å². The second-order valence-corrected chi connectivity index (χ2v) is 6.05. The van der Waals surface area contributed by atoms with Gasteiger partial charge in [-0.15, -0.1) is 0 Å². The monoisotopic (exact) mass is 369 g/mol. The molecule has 0 spiro atoms. The van der Waals surface area contributed by atoms with Gasteiger partial charge in [0, 0.05) is 22.8 Å². The molecular formula is C21H23NO5. The molecule has 0 bridgehead atoms. The molecule has 0 radical (unpaired) electrons. The van der Waals surface area contributed by atoms with Crippen molar-refractivity contribution in [3.05, 3.63) is 47.0 Å². The molecule has 0 amide bonds. The smallest absolute Gasteiger partial charge is 0.189 e. The number of benzene rings is 2. The number of Topliss-reactive ketones (excluding diaryl/α,β-unsaturated/α-hetero) is 1. The van der Waals surface area contributed by atoms with Gasteiger partial charge in [-0.1, -0.05) is 6.92 Å². The van der Waals surface area contributed by atoms with Crippen molar-refractivity contribution in [2.24, 2.45) is 0 Å². The van der Waals surface area contributed by atoms with Gasteiger partial charge in [0.15, 0.2) is 17.3 Å². The van der Waals surface area contributed by atoms with Crippen LogP contribution in [0.25, 0.3) is 6.08 Å². The molecule has 0 saturated heterocycles. The summed E-state index contributed by atoms with van der Waals surface area (Å²) in [6.07, 6.45) is 2.38. The number of anilines is 1. The summed E-state index contributed by atoms with van der Waals surface area (Å²) in [5.74, 6) is 2.29. The van der Waals surface area contributed by atoms with E-state index in [1.165, 1.54) is 7.11 Å². The third kappa shape index (κ3) is 3.84. The lowest BCUT2D eigenvalue weighted by molar-refractivity contribution is 0.103. The summed E-state index contributed by atoms with van der Waals surface area (Å²) in [6, 6.07) is 8.64. The molecule has 0 saturated carbocycles. The van der Waals surface area contributed by atoms with E-state index in [4.69, 9.17) is 24.7 Å². The first-order valence-corrected chi connectivity index (χ1v) is 8.73. The second-order valence-electron chi connectivity index (χ2n) is 6.05. The SMILES string of the molecule is CCC(=Cc1cc2c(cc1OC)OCCO2)C(=O)c1ccc(N)c(OC)c1. The molecule has 0 atom stereocenters. The highest BCUT2D eigenvalue weighted by Gasteiger charge is 2.18. The van der Waals surface area contributed by atoms with E-state index in [9.17, 15) is 4.79 Å². The molecule has 1 aliphatic heterocycles. The molecule has 1 heterocycles. The van der Waals surface area contributed by atoms with E-state index in [2.05, 4.69) is 0 Å². The first-order valence-electron chi connectivity index (χ1n) is 8.73. The van der Waals surface area contributed by atoms with E-state index in [1.807, 2.05) is 19.1 Å². The lowest BCUT2D eigenvalue weighted by Crippen LogP contribution is -2.15. The summed E-state index contributed by atoms with van der Waals surface area (Å²) in [6.45, 7) is 2.93. The summed E-state index contributed by atoms with van der Waals surface area (Å²) in [4.78, 5) is 13.0. The fourth-order valence-electron chi connectivity index (χ4n) is 2.93. The Labute approximate surface area is 158 Å². The van der Waals surface area contributed by atoms with Gasteiger partial charge in [-0.05, 0) is 36.8 Å². The molecule has 0 aromatic heterocycles. The number of carbonyl (C=O) groups excluding carboxylic acids is 1. The molecule has 6 heteroatoms. The van der Waals surface area contributed by atoms with Gasteiger partial charge in [0.25, 0.3) is 0 Å². The largest absolute Gasteiger partial charge is 0.496 e. The van der Waals surface area contributed by atoms with Gasteiger partial charge in [-0.2, -0.15) is 0 Å². The molecule has 3 rings (SSSR count). The minimum Gasteiger partial charge on any atom is -0.496 e. The molecule has 142 valence electrons. The number of nitrogen functional groups attached to an aromatic ring is 1. The minimum absolute atomic E-state index is 0.0901. The van der Waals surface area contributed by atoms with Crippen LogP contribution < -0.4 is 24.7 Å². The van der Waals surface area contributed by atoms with Crippen LogP contribution in [0.4, 0.5) is 5.69 Å². The molecular weight excluding hydrogens is 346 g/mol. The lowest BCUT2D eigenvalue weighted by Gasteiger charge is -2.20. The number of ketones is 1. The molecule has 6 nitrogen and oxygen atoms in total. The van der Waals surface area contributed by atoms with Gasteiger partial charge in [0.1, 0.15) is 24.7 Å². The Morgan fingerprint density at radius 3 is 2.37 bits per heavy atom. The Kier molecular flexibility index (Phi) is 5.54. The van der Waals surface area contributed by atoms with E-state index < -0.39 is 0 Å². The van der Waals surface area contributed by atoms with E-state index in [-0.39, 0.29) is 5.78 Å². The van der Waals surface area contributed by atoms with Crippen molar-refractivity contribution in [1.29, 1.82) is 0 Å². The fourth-order valence-corrected chi connectivity index (χ4v) is 2.93. The van der Waals surface area contributed by atoms with E-state index in [1.54, 1.807) is 31.4 Å². The molecule has 1 aliphatic rings. The number of fused-ring (bicyclic) bond motifs is 1. The van der Waals surface area contributed by atoms with Crippen LogP contribution in [0.3, 0.4) is 0 Å². The number of methoxy groups -OCH3 is 2. The van der Waals surface area contributed by atoms with Crippen molar-refractivity contribution in [3.8, 4) is 23.0 Å². The molecule has 2 aromatic rings. The molecule has 0 fully saturated rings. The van der Waals surface area contributed by atoms with Crippen molar-refractivity contribution in [2.45, 2.75) is 13.3 Å². The predicted octanol–water partition coefficient (Wildman–Crippen LogP) is 3.73. The van der Waals surface area contributed by atoms with E-state index in [0.717, 1.165) is 5.56 Å². The zero-order chi connectivity index (χ0) is 19.4. The summed E-state index contributed by atoms with van der Waals surface area (Å²) in [5.41, 5.74) is 8.25. The van der Waals surface area contributed by atoms with Crippen LogP contribution in [0.1, 0.15) is 29.3 Å². The normalized spacial score (nSPS) is 13.2. The number of carbonyl (C=O) groups is 1. The number of allylic oxidation sites excluding steroid dienone is 1. The Morgan fingerprint density at radius 1 is 1.07 bits per heavy atom. The molecule has 27 heavy (non-hydrogen) atoms. The number of hydrogen-bond acceptors (Lipinski definition) is 6. The van der Waals surface area contributed by atoms with Crippen molar-refractivity contribution in [2.75, 3.05) is 33.2 Å². The number of ether oxygens (including phenoxy) is 4. The zero-order valence-corrected chi connectivity index (χ0v) is 15.7. The van der Waals surface area contributed by atoms with Gasteiger partial charge in [0.05, 0.1) is 19.9 Å². The zero-order valence-electron chi connectivity index (χ0n) is 15.7. The number of nitrogens with two attached hydrogens (primary N) is 1. The third-order valence-electron chi connectivity index (χ3n) is 4.39. The second kappa shape index (κ2) is 8.03. The topological polar surface area (TPSA) is 80.0 Å². The minimum atomic E-state index is -0.0901. The lowest BCUT2D eigenvalue weighted by atomic mass is 9.98. The standard InChI is InChI=1S/C21H23NO5/c1-4-13(21(23)14-5-6-16(22)18(10-14)25-3)9-15-11-19-20(12-17(15)24-2)27-8-7-26-19/h5-6,9-12H,4,7-8,22H2,1-3H3. The van der Waals surface area contributed by atoms with E-state index in [0.29, 0.717) is 59.5 Å². The maximum Gasteiger partial charge on any atom is 0.189 e. The van der Waals surface area contributed by atoms with Crippen molar-refractivity contribution >= 4 is 17.5 Å². The Hall–Kier alpha value is -3.15. The summed E-state index contributed by atoms with van der Waals surface area (Å²) in [7, 11) is 3.11. The Balaban J connectivity index is 2.00. The van der Waals surface area contributed by atoms with Gasteiger partial charge in [0.2, 0.25) is 0 Å². The molecule has 0 aliphatic carbocycles. The maximum absolute atomic E-state index is 13.0. The third-order valence-corrected chi connectivity index (χ3v) is 4.39. The molecule has 0 unspecified atom stereocenters. The van der Waals surface area contributed by atoms with Crippen LogP contribution in [-0.4, -0.2) is 33.2 Å². The molecule has 2 aromatic carbocycles. The van der Waals surface area contributed by atoms with Crippen molar-refractivity contribution in [1.82, 2.24) is 0 Å². The first-order chi connectivity index (χ1) is 13.1. The summed E-state index contributed by atoms with van der Waals surface area (Å²) >= 11 is 0. The van der Waals surface area contributed by atoms with Gasteiger partial charge >= 0.3 is 0 Å². The summed E-state index contributed by atoms with van der Waals surface area (Å²) in [5, 5.41) is 0.